The monoisotopic (exact) mass is 284 g/mol. The van der Waals surface area contributed by atoms with Gasteiger partial charge in [0.15, 0.2) is 5.72 Å². The normalized spacial score (nSPS) is 55.2. The lowest BCUT2D eigenvalue weighted by Crippen LogP contribution is -2.59. The summed E-state index contributed by atoms with van der Waals surface area (Å²) < 4.78 is 6.61. The molecule has 0 unspecified atom stereocenters. The quantitative estimate of drug-likeness (QED) is 0.673. The van der Waals surface area contributed by atoms with Crippen molar-refractivity contribution < 1.29 is 9.84 Å². The van der Waals surface area contributed by atoms with Crippen molar-refractivity contribution in [3.63, 3.8) is 0 Å². The Kier molecular flexibility index (Phi) is 2.75. The van der Waals surface area contributed by atoms with Crippen LogP contribution in [-0.2, 0) is 4.74 Å². The summed E-state index contributed by atoms with van der Waals surface area (Å²) in [5, 5.41) is 19.6. The highest BCUT2D eigenvalue weighted by molar-refractivity contribution is 5.21. The summed E-state index contributed by atoms with van der Waals surface area (Å²) in [6, 6.07) is 0. The number of ether oxygens (including phenoxy) is 1. The number of hydrogen-bond acceptors (Lipinski definition) is 6. The molecule has 116 valence electrons. The predicted octanol–water partition coefficient (Wildman–Crippen LogP) is -0.0442. The highest BCUT2D eigenvalue weighted by atomic mass is 16.6. The largest absolute Gasteiger partial charge is 0.384 e. The molecule has 3 fully saturated rings. The minimum Gasteiger partial charge on any atom is -0.384 e. The summed E-state index contributed by atoms with van der Waals surface area (Å²) in [4.78, 5) is 0. The Morgan fingerprint density at radius 2 is 1.45 bits per heavy atom. The second-order valence-corrected chi connectivity index (χ2v) is 7.52. The van der Waals surface area contributed by atoms with Crippen molar-refractivity contribution in [1.29, 1.82) is 0 Å². The van der Waals surface area contributed by atoms with E-state index in [4.69, 9.17) is 4.74 Å². The number of aliphatic hydroxyl groups is 1. The van der Waals surface area contributed by atoms with Crippen LogP contribution >= 0.6 is 0 Å². The van der Waals surface area contributed by atoms with E-state index in [-0.39, 0.29) is 11.1 Å². The summed E-state index contributed by atoms with van der Waals surface area (Å²) in [6.45, 7) is 7.74. The van der Waals surface area contributed by atoms with E-state index in [2.05, 4.69) is 48.0 Å². The number of β-amino-alcohol motifs (C(OH)–C–C–N with tert-alkyl or cyclic N) is 1. The van der Waals surface area contributed by atoms with Crippen LogP contribution in [-0.4, -0.2) is 88.9 Å². The zero-order valence-electron chi connectivity index (χ0n) is 13.8. The fraction of sp³-hybridized carbons (Fsp3) is 1.00. The van der Waals surface area contributed by atoms with Gasteiger partial charge in [0.1, 0.15) is 11.2 Å². The molecule has 0 bridgehead atoms. The molecule has 0 aromatic rings. The van der Waals surface area contributed by atoms with E-state index >= 15 is 0 Å². The van der Waals surface area contributed by atoms with Crippen LogP contribution in [0.1, 0.15) is 27.2 Å². The minimum atomic E-state index is -0.883. The first-order valence-electron chi connectivity index (χ1n) is 7.31. The average molecular weight is 284 g/mol. The van der Waals surface area contributed by atoms with Crippen molar-refractivity contribution in [3.8, 4) is 0 Å². The van der Waals surface area contributed by atoms with E-state index in [1.54, 1.807) is 0 Å². The van der Waals surface area contributed by atoms with E-state index < -0.39 is 11.3 Å². The molecule has 1 spiro atoms. The highest BCUT2D eigenvalue weighted by Gasteiger charge is 2.74. The van der Waals surface area contributed by atoms with Gasteiger partial charge in [-0.25, -0.2) is 20.0 Å². The number of nitrogens with zero attached hydrogens (tertiary/aromatic N) is 4. The van der Waals surface area contributed by atoms with Crippen LogP contribution in [0.2, 0.25) is 0 Å². The second kappa shape index (κ2) is 3.74. The molecule has 0 aromatic carbocycles. The third kappa shape index (κ3) is 1.40. The van der Waals surface area contributed by atoms with Gasteiger partial charge in [-0.05, 0) is 20.8 Å². The average Bonchev–Trinajstić information content (AvgIpc) is 2.71. The van der Waals surface area contributed by atoms with Crippen LogP contribution in [0.15, 0.2) is 0 Å². The molecule has 20 heavy (non-hydrogen) atoms. The van der Waals surface area contributed by atoms with Crippen molar-refractivity contribution in [2.45, 2.75) is 49.7 Å². The van der Waals surface area contributed by atoms with Crippen LogP contribution in [0.5, 0.6) is 0 Å². The van der Waals surface area contributed by atoms with Gasteiger partial charge in [-0.15, -0.1) is 0 Å². The van der Waals surface area contributed by atoms with E-state index in [0.717, 1.165) is 13.0 Å². The van der Waals surface area contributed by atoms with Gasteiger partial charge >= 0.3 is 0 Å². The maximum absolute atomic E-state index is 11.0. The molecule has 0 radical (unpaired) electrons. The minimum absolute atomic E-state index is 0.120. The first kappa shape index (κ1) is 14.7. The van der Waals surface area contributed by atoms with E-state index in [1.807, 2.05) is 21.0 Å². The summed E-state index contributed by atoms with van der Waals surface area (Å²) in [7, 11) is 8.22. The van der Waals surface area contributed by atoms with Crippen LogP contribution in [0, 0.1) is 0 Å². The Morgan fingerprint density at radius 1 is 0.900 bits per heavy atom. The zero-order chi connectivity index (χ0) is 15.1. The summed E-state index contributed by atoms with van der Waals surface area (Å²) in [6.07, 6.45) is 0.783. The lowest BCUT2D eigenvalue weighted by molar-refractivity contribution is -0.244. The van der Waals surface area contributed by atoms with E-state index in [1.165, 1.54) is 0 Å². The van der Waals surface area contributed by atoms with Crippen LogP contribution in [0.3, 0.4) is 0 Å². The first-order valence-corrected chi connectivity index (χ1v) is 7.31. The Labute approximate surface area is 121 Å². The molecule has 6 heteroatoms. The van der Waals surface area contributed by atoms with Crippen molar-refractivity contribution in [1.82, 2.24) is 20.0 Å². The molecule has 3 rings (SSSR count). The molecular weight excluding hydrogens is 256 g/mol. The first-order chi connectivity index (χ1) is 8.99. The molecule has 4 atom stereocenters. The Hall–Kier alpha value is -0.240. The molecule has 0 amide bonds. The lowest BCUT2D eigenvalue weighted by atomic mass is 9.79. The number of rotatable bonds is 0. The molecule has 3 saturated heterocycles. The molecule has 1 N–H and O–H groups in total. The molecule has 3 aliphatic heterocycles. The number of hydrazine groups is 2. The van der Waals surface area contributed by atoms with E-state index in [9.17, 15) is 5.11 Å². The van der Waals surface area contributed by atoms with Crippen molar-refractivity contribution in [2.24, 2.45) is 0 Å². The Bertz CT molecular complexity index is 445. The third-order valence-corrected chi connectivity index (χ3v) is 6.29. The topological polar surface area (TPSA) is 42.4 Å². The van der Waals surface area contributed by atoms with Crippen LogP contribution in [0.25, 0.3) is 0 Å². The Morgan fingerprint density at radius 3 is 1.90 bits per heavy atom. The standard InChI is InChI=1S/C14H28N4O2/c1-11-8-14(12(2,19)9-15(4)18(14)7)20-13(11,3)10-16(5)17(11)6/h19H,8-10H2,1-7H3/t11-,12-,13+,14-/m0/s1. The third-order valence-electron chi connectivity index (χ3n) is 6.29. The van der Waals surface area contributed by atoms with Crippen molar-refractivity contribution >= 4 is 0 Å². The molecule has 0 aliphatic carbocycles. The van der Waals surface area contributed by atoms with Gasteiger partial charge in [0, 0.05) is 47.7 Å². The zero-order valence-corrected chi connectivity index (χ0v) is 13.8. The molecule has 0 saturated carbocycles. The highest BCUT2D eigenvalue weighted by Crippen LogP contribution is 2.58. The SMILES string of the molecule is CN1C[C@@]2(C)O[C@]3(C[C@]2(C)N1C)N(C)N(C)C[C@]3(C)O. The second-order valence-electron chi connectivity index (χ2n) is 7.52. The van der Waals surface area contributed by atoms with Crippen LogP contribution < -0.4 is 0 Å². The fourth-order valence-electron chi connectivity index (χ4n) is 4.53. The van der Waals surface area contributed by atoms with Gasteiger partial charge in [0.25, 0.3) is 0 Å². The van der Waals surface area contributed by atoms with Crippen molar-refractivity contribution in [3.05, 3.63) is 0 Å². The van der Waals surface area contributed by atoms with Gasteiger partial charge in [-0.2, -0.15) is 0 Å². The molecule has 3 heterocycles. The van der Waals surface area contributed by atoms with Crippen molar-refractivity contribution in [2.75, 3.05) is 41.3 Å². The Balaban J connectivity index is 2.06. The molecule has 0 aromatic heterocycles. The van der Waals surface area contributed by atoms with Gasteiger partial charge < -0.3 is 9.84 Å². The summed E-state index contributed by atoms with van der Waals surface area (Å²) >= 11 is 0. The van der Waals surface area contributed by atoms with Gasteiger partial charge in [-0.1, -0.05) is 0 Å². The predicted molar refractivity (Wildman–Crippen MR) is 76.7 cm³/mol. The smallest absolute Gasteiger partial charge is 0.166 e. The fourth-order valence-corrected chi connectivity index (χ4v) is 4.53. The number of likely N-dealkylation sites (N-methyl/N-ethyl adjacent to an activating group) is 4. The van der Waals surface area contributed by atoms with Gasteiger partial charge in [-0.3, -0.25) is 0 Å². The molecule has 6 nitrogen and oxygen atoms in total. The maximum atomic E-state index is 11.0. The summed E-state index contributed by atoms with van der Waals surface area (Å²) in [5.74, 6) is 0. The molecular formula is C14H28N4O2. The maximum Gasteiger partial charge on any atom is 0.166 e. The number of hydrogen-bond donors (Lipinski definition) is 1. The van der Waals surface area contributed by atoms with Gasteiger partial charge in [0.2, 0.25) is 0 Å². The number of fused-ring (bicyclic) bond motifs is 1. The molecule has 3 aliphatic rings. The lowest BCUT2D eigenvalue weighted by Gasteiger charge is -2.42. The summed E-state index contributed by atoms with van der Waals surface area (Å²) in [5.41, 5.74) is -1.95. The van der Waals surface area contributed by atoms with E-state index in [0.29, 0.717) is 6.54 Å². The van der Waals surface area contributed by atoms with Gasteiger partial charge in [0.05, 0.1) is 5.54 Å². The van der Waals surface area contributed by atoms with Crippen LogP contribution in [0.4, 0.5) is 0 Å².